The summed E-state index contributed by atoms with van der Waals surface area (Å²) in [6.45, 7) is 2.06. The second kappa shape index (κ2) is 8.75. The fourth-order valence-electron chi connectivity index (χ4n) is 4.13. The number of carbonyl (C=O) groups excluding carboxylic acids is 2. The van der Waals surface area contributed by atoms with Gasteiger partial charge >= 0.3 is 0 Å². The van der Waals surface area contributed by atoms with Gasteiger partial charge in [0, 0.05) is 36.8 Å². The number of anilines is 1. The van der Waals surface area contributed by atoms with Crippen LogP contribution in [0.1, 0.15) is 48.5 Å². The summed E-state index contributed by atoms with van der Waals surface area (Å²) >= 11 is 0. The summed E-state index contributed by atoms with van der Waals surface area (Å²) < 4.78 is 10.8. The van der Waals surface area contributed by atoms with E-state index >= 15 is 0 Å². The smallest absolute Gasteiger partial charge is 0.254 e. The van der Waals surface area contributed by atoms with Gasteiger partial charge in [-0.1, -0.05) is 18.2 Å². The summed E-state index contributed by atoms with van der Waals surface area (Å²) in [6.07, 6.45) is 3.51. The lowest BCUT2D eigenvalue weighted by Gasteiger charge is -2.36. The van der Waals surface area contributed by atoms with Gasteiger partial charge in [0.1, 0.15) is 0 Å². The van der Waals surface area contributed by atoms with Crippen LogP contribution in [0.4, 0.5) is 5.69 Å². The first kappa shape index (κ1) is 20.2. The number of fused-ring (bicyclic) bond motifs is 1. The second-order valence-electron chi connectivity index (χ2n) is 7.91. The van der Waals surface area contributed by atoms with E-state index in [9.17, 15) is 9.59 Å². The van der Waals surface area contributed by atoms with E-state index in [1.165, 1.54) is 6.92 Å². The van der Waals surface area contributed by atoms with Crippen LogP contribution in [0, 0.1) is 0 Å². The molecule has 0 radical (unpaired) electrons. The summed E-state index contributed by atoms with van der Waals surface area (Å²) in [5, 5.41) is 2.87. The van der Waals surface area contributed by atoms with Crippen LogP contribution in [0.15, 0.2) is 42.5 Å². The van der Waals surface area contributed by atoms with Crippen LogP contribution in [-0.4, -0.2) is 35.6 Å². The molecular weight excluding hydrogens is 382 g/mol. The van der Waals surface area contributed by atoms with Gasteiger partial charge in [-0.15, -0.1) is 0 Å². The van der Waals surface area contributed by atoms with E-state index in [0.717, 1.165) is 36.9 Å². The second-order valence-corrected chi connectivity index (χ2v) is 7.91. The maximum atomic E-state index is 13.6. The predicted molar refractivity (Wildman–Crippen MR) is 113 cm³/mol. The Labute approximate surface area is 176 Å². The molecule has 1 aliphatic carbocycles. The number of hydrogen-bond donors (Lipinski definition) is 2. The van der Waals surface area contributed by atoms with Crippen molar-refractivity contribution in [1.82, 2.24) is 4.90 Å². The standard InChI is InChI=1S/C23H27N3O4/c1-15(27)25-20-5-3-2-4-17(20)13-26(19-9-7-18(24)8-10-19)23(28)16-6-11-21-22(12-16)30-14-29-21/h2-6,11-12,18-19H,7-10,13-14,24H2,1H3,(H,25,27). The highest BCUT2D eigenvalue weighted by molar-refractivity contribution is 5.95. The van der Waals surface area contributed by atoms with E-state index in [-0.39, 0.29) is 30.7 Å². The number of hydrogen-bond acceptors (Lipinski definition) is 5. The molecule has 2 amide bonds. The lowest BCUT2D eigenvalue weighted by Crippen LogP contribution is -2.44. The Hall–Kier alpha value is -3.06. The van der Waals surface area contributed by atoms with Gasteiger partial charge in [-0.25, -0.2) is 0 Å². The zero-order chi connectivity index (χ0) is 21.1. The fourth-order valence-corrected chi connectivity index (χ4v) is 4.13. The van der Waals surface area contributed by atoms with Crippen LogP contribution >= 0.6 is 0 Å². The van der Waals surface area contributed by atoms with E-state index in [4.69, 9.17) is 15.2 Å². The minimum Gasteiger partial charge on any atom is -0.454 e. The molecule has 0 unspecified atom stereocenters. The van der Waals surface area contributed by atoms with Crippen molar-refractivity contribution in [3.8, 4) is 11.5 Å². The average molecular weight is 409 g/mol. The molecule has 1 saturated carbocycles. The zero-order valence-electron chi connectivity index (χ0n) is 17.1. The summed E-state index contributed by atoms with van der Waals surface area (Å²) in [5.41, 5.74) is 8.28. The molecule has 0 aromatic heterocycles. The molecule has 1 fully saturated rings. The zero-order valence-corrected chi connectivity index (χ0v) is 17.1. The lowest BCUT2D eigenvalue weighted by molar-refractivity contribution is -0.114. The fraction of sp³-hybridized carbons (Fsp3) is 0.391. The van der Waals surface area contributed by atoms with Gasteiger partial charge in [0.15, 0.2) is 11.5 Å². The third kappa shape index (κ3) is 4.41. The van der Waals surface area contributed by atoms with Crippen molar-refractivity contribution in [2.45, 2.75) is 51.2 Å². The highest BCUT2D eigenvalue weighted by Gasteiger charge is 2.30. The quantitative estimate of drug-likeness (QED) is 0.790. The number of rotatable bonds is 5. The first-order chi connectivity index (χ1) is 14.5. The van der Waals surface area contributed by atoms with Crippen LogP contribution in [0.5, 0.6) is 11.5 Å². The maximum absolute atomic E-state index is 13.6. The molecule has 0 atom stereocenters. The topological polar surface area (TPSA) is 93.9 Å². The Morgan fingerprint density at radius 1 is 1.07 bits per heavy atom. The van der Waals surface area contributed by atoms with Crippen molar-refractivity contribution < 1.29 is 19.1 Å². The summed E-state index contributed by atoms with van der Waals surface area (Å²) in [4.78, 5) is 27.1. The van der Waals surface area contributed by atoms with Gasteiger partial charge in [-0.05, 0) is 55.5 Å². The van der Waals surface area contributed by atoms with Gasteiger partial charge < -0.3 is 25.4 Å². The maximum Gasteiger partial charge on any atom is 0.254 e. The molecule has 2 aromatic carbocycles. The highest BCUT2D eigenvalue weighted by Crippen LogP contribution is 2.34. The molecule has 3 N–H and O–H groups in total. The lowest BCUT2D eigenvalue weighted by atomic mass is 9.90. The predicted octanol–water partition coefficient (Wildman–Crippen LogP) is 3.29. The number of nitrogens with zero attached hydrogens (tertiary/aromatic N) is 1. The third-order valence-corrected chi connectivity index (χ3v) is 5.73. The van der Waals surface area contributed by atoms with Crippen LogP contribution < -0.4 is 20.5 Å². The van der Waals surface area contributed by atoms with Crippen molar-refractivity contribution in [2.24, 2.45) is 5.73 Å². The van der Waals surface area contributed by atoms with Crippen LogP contribution in [0.25, 0.3) is 0 Å². The molecule has 0 bridgehead atoms. The summed E-state index contributed by atoms with van der Waals surface area (Å²) in [5.74, 6) is 1.04. The van der Waals surface area contributed by atoms with Gasteiger partial charge in [0.25, 0.3) is 5.91 Å². The van der Waals surface area contributed by atoms with Crippen LogP contribution in [-0.2, 0) is 11.3 Å². The molecule has 1 aliphatic heterocycles. The minimum atomic E-state index is -0.139. The molecule has 2 aliphatic rings. The molecule has 0 spiro atoms. The number of benzene rings is 2. The molecule has 30 heavy (non-hydrogen) atoms. The molecule has 1 heterocycles. The van der Waals surface area contributed by atoms with Gasteiger partial charge in [-0.3, -0.25) is 9.59 Å². The van der Waals surface area contributed by atoms with Crippen molar-refractivity contribution in [3.05, 3.63) is 53.6 Å². The van der Waals surface area contributed by atoms with E-state index < -0.39 is 0 Å². The van der Waals surface area contributed by atoms with E-state index in [2.05, 4.69) is 5.32 Å². The van der Waals surface area contributed by atoms with Crippen LogP contribution in [0.3, 0.4) is 0 Å². The van der Waals surface area contributed by atoms with Crippen LogP contribution in [0.2, 0.25) is 0 Å². The Bertz CT molecular complexity index is 938. The highest BCUT2D eigenvalue weighted by atomic mass is 16.7. The van der Waals surface area contributed by atoms with Crippen molar-refractivity contribution >= 4 is 17.5 Å². The summed E-state index contributed by atoms with van der Waals surface area (Å²) in [7, 11) is 0. The van der Waals surface area contributed by atoms with Crippen molar-refractivity contribution in [1.29, 1.82) is 0 Å². The van der Waals surface area contributed by atoms with E-state index in [0.29, 0.717) is 23.6 Å². The van der Waals surface area contributed by atoms with Gasteiger partial charge in [-0.2, -0.15) is 0 Å². The number of para-hydroxylation sites is 1. The van der Waals surface area contributed by atoms with E-state index in [1.807, 2.05) is 29.2 Å². The van der Waals surface area contributed by atoms with Gasteiger partial charge in [0.05, 0.1) is 0 Å². The first-order valence-electron chi connectivity index (χ1n) is 10.3. The Kier molecular flexibility index (Phi) is 5.90. The minimum absolute atomic E-state index is 0.0635. The number of amides is 2. The Morgan fingerprint density at radius 3 is 2.57 bits per heavy atom. The monoisotopic (exact) mass is 409 g/mol. The molecule has 7 heteroatoms. The molecular formula is C23H27N3O4. The van der Waals surface area contributed by atoms with Gasteiger partial charge in [0.2, 0.25) is 12.7 Å². The number of nitrogens with one attached hydrogen (secondary N) is 1. The SMILES string of the molecule is CC(=O)Nc1ccccc1CN(C(=O)c1ccc2c(c1)OCO2)C1CCC(N)CC1. The van der Waals surface area contributed by atoms with Crippen molar-refractivity contribution in [2.75, 3.05) is 12.1 Å². The molecule has 158 valence electrons. The average Bonchev–Trinajstić information content (AvgIpc) is 3.21. The third-order valence-electron chi connectivity index (χ3n) is 5.73. The number of nitrogens with two attached hydrogens (primary N) is 1. The molecule has 0 saturated heterocycles. The Balaban J connectivity index is 1.63. The number of ether oxygens (including phenoxy) is 2. The summed E-state index contributed by atoms with van der Waals surface area (Å²) in [6, 6.07) is 13.2. The molecule has 7 nitrogen and oxygen atoms in total. The first-order valence-corrected chi connectivity index (χ1v) is 10.3. The number of carbonyl (C=O) groups is 2. The largest absolute Gasteiger partial charge is 0.454 e. The van der Waals surface area contributed by atoms with Crippen molar-refractivity contribution in [3.63, 3.8) is 0 Å². The Morgan fingerprint density at radius 2 is 1.80 bits per heavy atom. The van der Waals surface area contributed by atoms with E-state index in [1.54, 1.807) is 18.2 Å². The normalized spacial score (nSPS) is 19.9. The molecule has 4 rings (SSSR count). The molecule has 2 aromatic rings.